The number of hydrogen-bond donors (Lipinski definition) is 3. The largest absolute Gasteiger partial charge is 0.361 e. The molecule has 0 saturated carbocycles. The predicted molar refractivity (Wildman–Crippen MR) is 118 cm³/mol. The van der Waals surface area contributed by atoms with Crippen molar-refractivity contribution in [3.8, 4) is 0 Å². The first kappa shape index (κ1) is 18.7. The Labute approximate surface area is 170 Å². The molecule has 4 rings (SSSR count). The number of hydrogen-bond acceptors (Lipinski definition) is 3. The van der Waals surface area contributed by atoms with Crippen molar-refractivity contribution in [2.75, 3.05) is 11.9 Å². The van der Waals surface area contributed by atoms with Crippen molar-refractivity contribution in [3.63, 3.8) is 0 Å². The molecule has 0 atom stereocenters. The number of rotatable bonds is 6. The highest BCUT2D eigenvalue weighted by atomic mass is 16.1. The van der Waals surface area contributed by atoms with Gasteiger partial charge < -0.3 is 15.6 Å². The molecule has 5 heteroatoms. The average molecular weight is 384 g/mol. The van der Waals surface area contributed by atoms with Gasteiger partial charge in [-0.15, -0.1) is 0 Å². The minimum absolute atomic E-state index is 0.123. The van der Waals surface area contributed by atoms with E-state index in [1.54, 1.807) is 12.4 Å². The van der Waals surface area contributed by atoms with Gasteiger partial charge in [0, 0.05) is 35.5 Å². The van der Waals surface area contributed by atoms with E-state index in [4.69, 9.17) is 0 Å². The third-order valence-corrected chi connectivity index (χ3v) is 5.11. The molecule has 1 amide bonds. The summed E-state index contributed by atoms with van der Waals surface area (Å²) in [6.45, 7) is 4.68. The monoisotopic (exact) mass is 384 g/mol. The van der Waals surface area contributed by atoms with Crippen molar-refractivity contribution in [1.82, 2.24) is 15.3 Å². The number of aryl methyl sites for hydroxylation is 2. The van der Waals surface area contributed by atoms with E-state index in [1.807, 2.05) is 30.5 Å². The lowest BCUT2D eigenvalue weighted by Crippen LogP contribution is -2.25. The minimum Gasteiger partial charge on any atom is -0.361 e. The molecular weight excluding hydrogens is 360 g/mol. The molecule has 0 aliphatic carbocycles. The number of H-pyrrole nitrogens is 1. The molecule has 0 spiro atoms. The highest BCUT2D eigenvalue weighted by Gasteiger charge is 2.09. The van der Waals surface area contributed by atoms with Crippen LogP contribution in [0.1, 0.15) is 27.0 Å². The van der Waals surface area contributed by atoms with E-state index < -0.39 is 0 Å². The van der Waals surface area contributed by atoms with Crippen molar-refractivity contribution in [3.05, 3.63) is 89.4 Å². The van der Waals surface area contributed by atoms with Gasteiger partial charge in [-0.05, 0) is 49.1 Å². The molecule has 2 aromatic heterocycles. The zero-order valence-corrected chi connectivity index (χ0v) is 16.6. The van der Waals surface area contributed by atoms with Crippen LogP contribution in [0.4, 0.5) is 11.4 Å². The smallest absolute Gasteiger partial charge is 0.252 e. The zero-order chi connectivity index (χ0) is 20.2. The van der Waals surface area contributed by atoms with Gasteiger partial charge in [-0.2, -0.15) is 0 Å². The van der Waals surface area contributed by atoms with Crippen LogP contribution in [0.2, 0.25) is 0 Å². The average Bonchev–Trinajstić information content (AvgIpc) is 3.14. The second-order valence-electron chi connectivity index (χ2n) is 7.22. The topological polar surface area (TPSA) is 69.8 Å². The molecule has 0 aliphatic heterocycles. The van der Waals surface area contributed by atoms with Crippen molar-refractivity contribution in [1.29, 1.82) is 0 Å². The van der Waals surface area contributed by atoms with Gasteiger partial charge in [0.25, 0.3) is 5.91 Å². The zero-order valence-electron chi connectivity index (χ0n) is 16.6. The normalized spacial score (nSPS) is 10.8. The van der Waals surface area contributed by atoms with E-state index in [1.165, 1.54) is 10.9 Å². The summed E-state index contributed by atoms with van der Waals surface area (Å²) in [6, 6.07) is 16.2. The number of amides is 1. The Balaban J connectivity index is 1.41. The van der Waals surface area contributed by atoms with E-state index in [9.17, 15) is 4.79 Å². The van der Waals surface area contributed by atoms with Crippen LogP contribution in [-0.4, -0.2) is 22.4 Å². The standard InChI is InChI=1S/C24H24N4O/c1-16-6-5-7-17(2)23(16)28-20-12-19(13-25-15-20)24(29)26-11-10-18-14-27-22-9-4-3-8-21(18)22/h3-9,12-15,27-28H,10-11H2,1-2H3,(H,26,29). The van der Waals surface area contributed by atoms with Crippen LogP contribution in [0.15, 0.2) is 67.1 Å². The first-order valence-corrected chi connectivity index (χ1v) is 9.73. The number of nitrogens with one attached hydrogen (secondary N) is 3. The Kier molecular flexibility index (Phi) is 5.29. The number of pyridine rings is 1. The van der Waals surface area contributed by atoms with Gasteiger partial charge in [-0.1, -0.05) is 36.4 Å². The van der Waals surface area contributed by atoms with E-state index >= 15 is 0 Å². The molecule has 0 radical (unpaired) electrons. The molecule has 0 saturated heterocycles. The number of nitrogens with zero attached hydrogens (tertiary/aromatic N) is 1. The molecule has 3 N–H and O–H groups in total. The number of aromatic nitrogens is 2. The molecule has 0 aliphatic rings. The summed E-state index contributed by atoms with van der Waals surface area (Å²) < 4.78 is 0. The maximum absolute atomic E-state index is 12.6. The fraction of sp³-hybridized carbons (Fsp3) is 0.167. The van der Waals surface area contributed by atoms with Crippen LogP contribution >= 0.6 is 0 Å². The maximum Gasteiger partial charge on any atom is 0.252 e. The molecule has 0 bridgehead atoms. The van der Waals surface area contributed by atoms with Gasteiger partial charge in [0.2, 0.25) is 0 Å². The highest BCUT2D eigenvalue weighted by Crippen LogP contribution is 2.24. The molecule has 0 fully saturated rings. The summed E-state index contributed by atoms with van der Waals surface area (Å²) in [5.41, 5.74) is 7.00. The minimum atomic E-state index is -0.123. The molecule has 2 heterocycles. The number of anilines is 2. The number of carbonyl (C=O) groups is 1. The quantitative estimate of drug-likeness (QED) is 0.443. The third kappa shape index (κ3) is 4.14. The summed E-state index contributed by atoms with van der Waals surface area (Å²) in [7, 11) is 0. The first-order valence-electron chi connectivity index (χ1n) is 9.73. The SMILES string of the molecule is Cc1cccc(C)c1Nc1cncc(C(=O)NCCc2c[nH]c3ccccc23)c1. The lowest BCUT2D eigenvalue weighted by molar-refractivity contribution is 0.0954. The fourth-order valence-corrected chi connectivity index (χ4v) is 3.54. The van der Waals surface area contributed by atoms with Crippen molar-refractivity contribution >= 4 is 28.2 Å². The highest BCUT2D eigenvalue weighted by molar-refractivity contribution is 5.95. The molecular formula is C24H24N4O. The van der Waals surface area contributed by atoms with E-state index in [-0.39, 0.29) is 5.91 Å². The molecule has 5 nitrogen and oxygen atoms in total. The van der Waals surface area contributed by atoms with Gasteiger partial charge >= 0.3 is 0 Å². The van der Waals surface area contributed by atoms with Gasteiger partial charge in [-0.25, -0.2) is 0 Å². The summed E-state index contributed by atoms with van der Waals surface area (Å²) in [5, 5.41) is 7.58. The molecule has 4 aromatic rings. The Morgan fingerprint density at radius 2 is 1.83 bits per heavy atom. The number of carbonyl (C=O) groups excluding carboxylic acids is 1. The maximum atomic E-state index is 12.6. The lowest BCUT2D eigenvalue weighted by Gasteiger charge is -2.13. The molecule has 146 valence electrons. The van der Waals surface area contributed by atoms with Crippen molar-refractivity contribution in [2.45, 2.75) is 20.3 Å². The van der Waals surface area contributed by atoms with Gasteiger partial charge in [0.05, 0.1) is 17.4 Å². The predicted octanol–water partition coefficient (Wildman–Crippen LogP) is 4.90. The van der Waals surface area contributed by atoms with Crippen LogP contribution < -0.4 is 10.6 Å². The van der Waals surface area contributed by atoms with Crippen LogP contribution in [0.5, 0.6) is 0 Å². The lowest BCUT2D eigenvalue weighted by atomic mass is 10.1. The van der Waals surface area contributed by atoms with E-state index in [2.05, 4.69) is 58.7 Å². The Hall–Kier alpha value is -3.60. The van der Waals surface area contributed by atoms with Gasteiger partial charge in [-0.3, -0.25) is 9.78 Å². The second-order valence-corrected chi connectivity index (χ2v) is 7.22. The van der Waals surface area contributed by atoms with Crippen LogP contribution in [-0.2, 0) is 6.42 Å². The number of para-hydroxylation sites is 2. The summed E-state index contributed by atoms with van der Waals surface area (Å²) in [4.78, 5) is 20.1. The molecule has 2 aromatic carbocycles. The Bertz CT molecular complexity index is 1140. The number of fused-ring (bicyclic) bond motifs is 1. The summed E-state index contributed by atoms with van der Waals surface area (Å²) in [6.07, 6.45) is 6.10. The molecule has 0 unspecified atom stereocenters. The van der Waals surface area contributed by atoms with Crippen LogP contribution in [0.25, 0.3) is 10.9 Å². The van der Waals surface area contributed by atoms with Gasteiger partial charge in [0.1, 0.15) is 0 Å². The van der Waals surface area contributed by atoms with Crippen LogP contribution in [0, 0.1) is 13.8 Å². The number of aromatic amines is 1. The Morgan fingerprint density at radius 1 is 1.03 bits per heavy atom. The number of benzene rings is 2. The Morgan fingerprint density at radius 3 is 2.66 bits per heavy atom. The van der Waals surface area contributed by atoms with E-state index in [0.717, 1.165) is 34.4 Å². The third-order valence-electron chi connectivity index (χ3n) is 5.11. The second kappa shape index (κ2) is 8.19. The fourth-order valence-electron chi connectivity index (χ4n) is 3.54. The molecule has 29 heavy (non-hydrogen) atoms. The first-order chi connectivity index (χ1) is 14.1. The van der Waals surface area contributed by atoms with Crippen molar-refractivity contribution < 1.29 is 4.79 Å². The summed E-state index contributed by atoms with van der Waals surface area (Å²) >= 11 is 0. The van der Waals surface area contributed by atoms with Crippen molar-refractivity contribution in [2.24, 2.45) is 0 Å². The summed E-state index contributed by atoms with van der Waals surface area (Å²) in [5.74, 6) is -0.123. The van der Waals surface area contributed by atoms with Crippen LogP contribution in [0.3, 0.4) is 0 Å². The van der Waals surface area contributed by atoms with E-state index in [0.29, 0.717) is 12.1 Å². The van der Waals surface area contributed by atoms with Gasteiger partial charge in [0.15, 0.2) is 0 Å².